The summed E-state index contributed by atoms with van der Waals surface area (Å²) in [5, 5.41) is 29.4. The zero-order valence-corrected chi connectivity index (χ0v) is 16.3. The third-order valence-corrected chi connectivity index (χ3v) is 8.18. The second-order valence-corrected chi connectivity index (χ2v) is 9.10. The van der Waals surface area contributed by atoms with E-state index in [1.165, 1.54) is 0 Å². The van der Waals surface area contributed by atoms with Crippen LogP contribution in [-0.4, -0.2) is 34.5 Å². The Morgan fingerprint density at radius 1 is 1.32 bits per heavy atom. The zero-order valence-electron chi connectivity index (χ0n) is 16.3. The number of aliphatic hydroxyl groups excluding tert-OH is 2. The first kappa shape index (κ1) is 20.4. The van der Waals surface area contributed by atoms with Crippen LogP contribution in [0.25, 0.3) is 0 Å². The van der Waals surface area contributed by atoms with Gasteiger partial charge in [0.05, 0.1) is 13.2 Å². The molecule has 0 aromatic rings. The minimum atomic E-state index is -0.728. The molecule has 4 heteroatoms. The van der Waals surface area contributed by atoms with Crippen molar-refractivity contribution in [1.82, 2.24) is 0 Å². The molecule has 1 fully saturated rings. The van der Waals surface area contributed by atoms with Crippen LogP contribution in [0.15, 0.2) is 11.6 Å². The minimum Gasteiger partial charge on any atom is -0.481 e. The van der Waals surface area contributed by atoms with Gasteiger partial charge in [-0.15, -0.1) is 0 Å². The van der Waals surface area contributed by atoms with Gasteiger partial charge in [0, 0.05) is 11.8 Å². The highest BCUT2D eigenvalue weighted by Crippen LogP contribution is 2.69. The average Bonchev–Trinajstić information content (AvgIpc) is 2.56. The van der Waals surface area contributed by atoms with Crippen LogP contribution < -0.4 is 0 Å². The van der Waals surface area contributed by atoms with E-state index in [9.17, 15) is 15.0 Å². The highest BCUT2D eigenvalue weighted by molar-refractivity contribution is 5.66. The molecule has 5 atom stereocenters. The molecule has 0 aromatic heterocycles. The first-order chi connectivity index (χ1) is 11.7. The lowest BCUT2D eigenvalue weighted by Gasteiger charge is -2.66. The van der Waals surface area contributed by atoms with E-state index >= 15 is 0 Å². The summed E-state index contributed by atoms with van der Waals surface area (Å²) < 4.78 is 0. The molecule has 5 unspecified atom stereocenters. The van der Waals surface area contributed by atoms with Gasteiger partial charge in [-0.3, -0.25) is 4.79 Å². The summed E-state index contributed by atoms with van der Waals surface area (Å²) in [7, 11) is 0. The Bertz CT molecular complexity index is 528. The van der Waals surface area contributed by atoms with Gasteiger partial charge in [0.15, 0.2) is 0 Å². The summed E-state index contributed by atoms with van der Waals surface area (Å²) in [5.74, 6) is -0.0484. The molecule has 0 aromatic carbocycles. The molecule has 2 aliphatic carbocycles. The van der Waals surface area contributed by atoms with Gasteiger partial charge < -0.3 is 15.3 Å². The molecule has 2 rings (SSSR count). The predicted octanol–water partition coefficient (Wildman–Crippen LogP) is 4.01. The maximum absolute atomic E-state index is 11.0. The Hall–Kier alpha value is -0.870. The van der Waals surface area contributed by atoms with Crippen LogP contribution in [0.1, 0.15) is 72.6 Å². The van der Waals surface area contributed by atoms with Gasteiger partial charge in [0.25, 0.3) is 0 Å². The van der Waals surface area contributed by atoms with Crippen LogP contribution in [0.4, 0.5) is 0 Å². The summed E-state index contributed by atoms with van der Waals surface area (Å²) >= 11 is 0. The fourth-order valence-corrected chi connectivity index (χ4v) is 5.96. The lowest BCUT2D eigenvalue weighted by Crippen LogP contribution is -2.60. The highest BCUT2D eigenvalue weighted by atomic mass is 16.4. The first-order valence-electron chi connectivity index (χ1n) is 9.80. The van der Waals surface area contributed by atoms with Crippen LogP contribution in [0, 0.1) is 28.1 Å². The van der Waals surface area contributed by atoms with Gasteiger partial charge in [-0.2, -0.15) is 0 Å². The van der Waals surface area contributed by atoms with E-state index in [1.54, 1.807) is 0 Å². The summed E-state index contributed by atoms with van der Waals surface area (Å²) in [4.78, 5) is 11.0. The topological polar surface area (TPSA) is 77.8 Å². The molecule has 0 heterocycles. The Balaban J connectivity index is 2.35. The predicted molar refractivity (Wildman–Crippen MR) is 99.2 cm³/mol. The van der Waals surface area contributed by atoms with E-state index < -0.39 is 5.97 Å². The summed E-state index contributed by atoms with van der Waals surface area (Å²) in [5.41, 5.74) is 0.620. The van der Waals surface area contributed by atoms with E-state index in [2.05, 4.69) is 26.8 Å². The number of carbonyl (C=O) groups is 1. The van der Waals surface area contributed by atoms with E-state index in [4.69, 9.17) is 5.11 Å². The average molecular weight is 353 g/mol. The molecule has 0 spiro atoms. The lowest BCUT2D eigenvalue weighted by atomic mass is 9.38. The fourth-order valence-electron chi connectivity index (χ4n) is 5.96. The van der Waals surface area contributed by atoms with Crippen molar-refractivity contribution in [2.24, 2.45) is 28.1 Å². The van der Waals surface area contributed by atoms with Crippen molar-refractivity contribution in [2.45, 2.75) is 72.6 Å². The van der Waals surface area contributed by atoms with Gasteiger partial charge in [0.2, 0.25) is 0 Å². The Morgan fingerprint density at radius 2 is 2.00 bits per heavy atom. The molecule has 2 aliphatic rings. The number of rotatable bonds is 7. The van der Waals surface area contributed by atoms with Crippen molar-refractivity contribution in [1.29, 1.82) is 0 Å². The van der Waals surface area contributed by atoms with E-state index in [0.717, 1.165) is 44.1 Å². The molecule has 0 aliphatic heterocycles. The second kappa shape index (κ2) is 7.40. The number of fused-ring (bicyclic) bond motifs is 1. The molecule has 1 saturated carbocycles. The van der Waals surface area contributed by atoms with E-state index in [-0.39, 0.29) is 41.8 Å². The third kappa shape index (κ3) is 3.16. The van der Waals surface area contributed by atoms with Crippen molar-refractivity contribution in [3.63, 3.8) is 0 Å². The minimum absolute atomic E-state index is 0.0232. The molecule has 0 bridgehead atoms. The third-order valence-electron chi connectivity index (χ3n) is 8.18. The maximum Gasteiger partial charge on any atom is 0.303 e. The molecular formula is C21H36O4. The lowest BCUT2D eigenvalue weighted by molar-refractivity contribution is -0.158. The summed E-state index contributed by atoms with van der Waals surface area (Å²) in [6.45, 7) is 9.09. The van der Waals surface area contributed by atoms with Crippen LogP contribution in [0.5, 0.6) is 0 Å². The van der Waals surface area contributed by atoms with E-state index in [0.29, 0.717) is 5.92 Å². The van der Waals surface area contributed by atoms with E-state index in [1.807, 2.05) is 6.92 Å². The van der Waals surface area contributed by atoms with Gasteiger partial charge >= 0.3 is 5.97 Å². The SMILES string of the molecule is CC(CCC1(C)C(C)CCC2(CO)C(CO)=CCCC21C)CC(=O)O. The fraction of sp³-hybridized carbons (Fsp3) is 0.857. The Morgan fingerprint density at radius 3 is 2.56 bits per heavy atom. The molecule has 4 nitrogen and oxygen atoms in total. The monoisotopic (exact) mass is 352 g/mol. The van der Waals surface area contributed by atoms with Crippen molar-refractivity contribution in [3.8, 4) is 0 Å². The quantitative estimate of drug-likeness (QED) is 0.605. The Kier molecular flexibility index (Phi) is 6.05. The molecule has 0 amide bonds. The van der Waals surface area contributed by atoms with Crippen LogP contribution >= 0.6 is 0 Å². The molecule has 3 N–H and O–H groups in total. The number of hydrogen-bond donors (Lipinski definition) is 3. The van der Waals surface area contributed by atoms with Crippen molar-refractivity contribution in [3.05, 3.63) is 11.6 Å². The normalized spacial score (nSPS) is 39.4. The maximum atomic E-state index is 11.0. The summed E-state index contributed by atoms with van der Waals surface area (Å²) in [6, 6.07) is 0. The smallest absolute Gasteiger partial charge is 0.303 e. The molecule has 144 valence electrons. The number of allylic oxidation sites excluding steroid dienone is 1. The van der Waals surface area contributed by atoms with Gasteiger partial charge in [0.1, 0.15) is 0 Å². The van der Waals surface area contributed by atoms with Crippen LogP contribution in [0.2, 0.25) is 0 Å². The number of carboxylic acid groups (broad SMARTS) is 1. The largest absolute Gasteiger partial charge is 0.481 e. The van der Waals surface area contributed by atoms with Crippen molar-refractivity contribution >= 4 is 5.97 Å². The van der Waals surface area contributed by atoms with Crippen molar-refractivity contribution in [2.75, 3.05) is 13.2 Å². The summed E-state index contributed by atoms with van der Waals surface area (Å²) in [6.07, 6.45) is 8.15. The van der Waals surface area contributed by atoms with Crippen LogP contribution in [0.3, 0.4) is 0 Å². The second-order valence-electron chi connectivity index (χ2n) is 9.10. The highest BCUT2D eigenvalue weighted by Gasteiger charge is 2.63. The number of aliphatic hydroxyl groups is 2. The molecular weight excluding hydrogens is 316 g/mol. The number of aliphatic carboxylic acids is 1. The molecule has 0 radical (unpaired) electrons. The zero-order chi connectivity index (χ0) is 18.9. The van der Waals surface area contributed by atoms with Gasteiger partial charge in [-0.1, -0.05) is 33.8 Å². The number of hydrogen-bond acceptors (Lipinski definition) is 3. The molecule has 0 saturated heterocycles. The Labute approximate surface area is 152 Å². The van der Waals surface area contributed by atoms with Crippen LogP contribution in [-0.2, 0) is 4.79 Å². The first-order valence-corrected chi connectivity index (χ1v) is 9.80. The van der Waals surface area contributed by atoms with Gasteiger partial charge in [-0.05, 0) is 66.8 Å². The molecule has 25 heavy (non-hydrogen) atoms. The van der Waals surface area contributed by atoms with Gasteiger partial charge in [-0.25, -0.2) is 0 Å². The standard InChI is InChI=1S/C21H36O4/c1-15(12-18(24)25)7-10-19(3)16(2)8-11-21(14-23)17(13-22)6-5-9-20(19,21)4/h6,15-16,22-23H,5,7-14H2,1-4H3,(H,24,25). The number of carboxylic acids is 1. The van der Waals surface area contributed by atoms with Crippen molar-refractivity contribution < 1.29 is 20.1 Å².